The standard InChI is InChI=1S/C16H18N4/c1-17-15(16-9-10-18-20(16)2)11-13-8-7-12-5-3-4-6-14(12)19-13/h3-10,15,17H,11H2,1-2H3. The number of fused-ring (bicyclic) bond motifs is 1. The minimum atomic E-state index is 0.219. The molecule has 0 bridgehead atoms. The maximum atomic E-state index is 4.73. The predicted octanol–water partition coefficient (Wildman–Crippen LogP) is 2.47. The van der Waals surface area contributed by atoms with E-state index < -0.39 is 0 Å². The van der Waals surface area contributed by atoms with Crippen molar-refractivity contribution in [2.24, 2.45) is 7.05 Å². The Labute approximate surface area is 118 Å². The molecule has 1 atom stereocenters. The van der Waals surface area contributed by atoms with Crippen LogP contribution in [0.1, 0.15) is 17.4 Å². The van der Waals surface area contributed by atoms with E-state index in [4.69, 9.17) is 4.98 Å². The average Bonchev–Trinajstić information content (AvgIpc) is 2.91. The molecule has 2 aromatic heterocycles. The second kappa shape index (κ2) is 5.43. The van der Waals surface area contributed by atoms with Gasteiger partial charge in [0, 0.05) is 30.7 Å². The summed E-state index contributed by atoms with van der Waals surface area (Å²) in [6.07, 6.45) is 2.67. The highest BCUT2D eigenvalue weighted by molar-refractivity contribution is 5.78. The van der Waals surface area contributed by atoms with E-state index in [-0.39, 0.29) is 6.04 Å². The summed E-state index contributed by atoms with van der Waals surface area (Å²) >= 11 is 0. The van der Waals surface area contributed by atoms with Crippen molar-refractivity contribution in [3.8, 4) is 0 Å². The lowest BCUT2D eigenvalue weighted by Crippen LogP contribution is -2.22. The quantitative estimate of drug-likeness (QED) is 0.789. The molecule has 0 aliphatic rings. The van der Waals surface area contributed by atoms with Gasteiger partial charge in [0.05, 0.1) is 17.3 Å². The van der Waals surface area contributed by atoms with Gasteiger partial charge in [0.15, 0.2) is 0 Å². The fourth-order valence-electron chi connectivity index (χ4n) is 2.51. The zero-order chi connectivity index (χ0) is 13.9. The first-order valence-electron chi connectivity index (χ1n) is 6.78. The molecule has 3 aromatic rings. The molecular formula is C16H18N4. The molecule has 102 valence electrons. The van der Waals surface area contributed by atoms with E-state index >= 15 is 0 Å². The van der Waals surface area contributed by atoms with Crippen molar-refractivity contribution >= 4 is 10.9 Å². The Kier molecular flexibility index (Phi) is 3.48. The topological polar surface area (TPSA) is 42.7 Å². The molecule has 20 heavy (non-hydrogen) atoms. The zero-order valence-electron chi connectivity index (χ0n) is 11.7. The van der Waals surface area contributed by atoms with Crippen LogP contribution < -0.4 is 5.32 Å². The number of nitrogens with one attached hydrogen (secondary N) is 1. The van der Waals surface area contributed by atoms with E-state index in [0.717, 1.165) is 17.6 Å². The lowest BCUT2D eigenvalue weighted by atomic mass is 10.1. The third-order valence-corrected chi connectivity index (χ3v) is 3.63. The molecule has 0 aliphatic carbocycles. The highest BCUT2D eigenvalue weighted by Crippen LogP contribution is 2.18. The van der Waals surface area contributed by atoms with Gasteiger partial charge in [-0.1, -0.05) is 24.3 Å². The number of rotatable bonds is 4. The van der Waals surface area contributed by atoms with Gasteiger partial charge >= 0.3 is 0 Å². The lowest BCUT2D eigenvalue weighted by molar-refractivity contribution is 0.533. The van der Waals surface area contributed by atoms with Crippen molar-refractivity contribution in [3.63, 3.8) is 0 Å². The van der Waals surface area contributed by atoms with Crippen LogP contribution in [0.2, 0.25) is 0 Å². The van der Waals surface area contributed by atoms with Crippen molar-refractivity contribution < 1.29 is 0 Å². The van der Waals surface area contributed by atoms with Crippen LogP contribution in [0.25, 0.3) is 10.9 Å². The number of hydrogen-bond donors (Lipinski definition) is 1. The molecule has 3 rings (SSSR count). The second-order valence-corrected chi connectivity index (χ2v) is 4.92. The lowest BCUT2D eigenvalue weighted by Gasteiger charge is -2.16. The Morgan fingerprint density at radius 2 is 2.00 bits per heavy atom. The van der Waals surface area contributed by atoms with Crippen LogP contribution in [-0.2, 0) is 13.5 Å². The summed E-state index contributed by atoms with van der Waals surface area (Å²) in [7, 11) is 3.94. The van der Waals surface area contributed by atoms with E-state index in [0.29, 0.717) is 0 Å². The monoisotopic (exact) mass is 266 g/mol. The molecular weight excluding hydrogens is 248 g/mol. The molecule has 4 nitrogen and oxygen atoms in total. The smallest absolute Gasteiger partial charge is 0.0705 e. The molecule has 4 heteroatoms. The van der Waals surface area contributed by atoms with Gasteiger partial charge in [-0.2, -0.15) is 5.10 Å². The third kappa shape index (κ3) is 2.42. The van der Waals surface area contributed by atoms with Crippen LogP contribution in [0.3, 0.4) is 0 Å². The predicted molar refractivity (Wildman–Crippen MR) is 80.5 cm³/mol. The number of para-hydroxylation sites is 1. The van der Waals surface area contributed by atoms with Gasteiger partial charge in [-0.3, -0.25) is 9.67 Å². The Morgan fingerprint density at radius 1 is 1.15 bits per heavy atom. The van der Waals surface area contributed by atoms with Crippen LogP contribution in [0.5, 0.6) is 0 Å². The molecule has 1 unspecified atom stereocenters. The number of nitrogens with zero attached hydrogens (tertiary/aromatic N) is 3. The SMILES string of the molecule is CNC(Cc1ccc2ccccc2n1)c1ccnn1C. The van der Waals surface area contributed by atoms with Crippen LogP contribution in [-0.4, -0.2) is 21.8 Å². The van der Waals surface area contributed by atoms with Crippen LogP contribution >= 0.6 is 0 Å². The summed E-state index contributed by atoms with van der Waals surface area (Å²) in [6, 6.07) is 14.7. The van der Waals surface area contributed by atoms with Gasteiger partial charge in [0.1, 0.15) is 0 Å². The van der Waals surface area contributed by atoms with Crippen molar-refractivity contribution in [1.82, 2.24) is 20.1 Å². The normalized spacial score (nSPS) is 12.7. The molecule has 0 saturated carbocycles. The van der Waals surface area contributed by atoms with E-state index in [1.807, 2.05) is 43.2 Å². The largest absolute Gasteiger partial charge is 0.311 e. The number of aromatic nitrogens is 3. The summed E-state index contributed by atoms with van der Waals surface area (Å²) in [6.45, 7) is 0. The average molecular weight is 266 g/mol. The van der Waals surface area contributed by atoms with Crippen LogP contribution in [0, 0.1) is 0 Å². The molecule has 2 heterocycles. The van der Waals surface area contributed by atoms with Gasteiger partial charge < -0.3 is 5.32 Å². The number of hydrogen-bond acceptors (Lipinski definition) is 3. The Balaban J connectivity index is 1.89. The fraction of sp³-hybridized carbons (Fsp3) is 0.250. The molecule has 0 spiro atoms. The van der Waals surface area contributed by atoms with E-state index in [1.165, 1.54) is 11.1 Å². The number of benzene rings is 1. The first kappa shape index (κ1) is 12.8. The third-order valence-electron chi connectivity index (χ3n) is 3.63. The Bertz CT molecular complexity index is 717. The fourth-order valence-corrected chi connectivity index (χ4v) is 2.51. The first-order chi connectivity index (χ1) is 9.78. The first-order valence-corrected chi connectivity index (χ1v) is 6.78. The van der Waals surface area contributed by atoms with Gasteiger partial charge in [-0.05, 0) is 25.2 Å². The van der Waals surface area contributed by atoms with Crippen LogP contribution in [0.4, 0.5) is 0 Å². The van der Waals surface area contributed by atoms with Gasteiger partial charge in [-0.25, -0.2) is 0 Å². The summed E-state index contributed by atoms with van der Waals surface area (Å²) in [5, 5.41) is 8.75. The minimum absolute atomic E-state index is 0.219. The summed E-state index contributed by atoms with van der Waals surface area (Å²) in [5.41, 5.74) is 3.30. The second-order valence-electron chi connectivity index (χ2n) is 4.92. The van der Waals surface area contributed by atoms with Crippen molar-refractivity contribution in [1.29, 1.82) is 0 Å². The van der Waals surface area contributed by atoms with E-state index in [2.05, 4.69) is 34.7 Å². The molecule has 0 fully saturated rings. The van der Waals surface area contributed by atoms with Gasteiger partial charge in [0.2, 0.25) is 0 Å². The maximum absolute atomic E-state index is 4.73. The Morgan fingerprint density at radius 3 is 2.75 bits per heavy atom. The van der Waals surface area contributed by atoms with Gasteiger partial charge in [0.25, 0.3) is 0 Å². The van der Waals surface area contributed by atoms with E-state index in [9.17, 15) is 0 Å². The summed E-state index contributed by atoms with van der Waals surface area (Å²) in [4.78, 5) is 4.73. The summed E-state index contributed by atoms with van der Waals surface area (Å²) < 4.78 is 1.90. The van der Waals surface area contributed by atoms with Gasteiger partial charge in [-0.15, -0.1) is 0 Å². The zero-order valence-corrected chi connectivity index (χ0v) is 11.7. The maximum Gasteiger partial charge on any atom is 0.0705 e. The van der Waals surface area contributed by atoms with Crippen LogP contribution in [0.15, 0.2) is 48.7 Å². The molecule has 0 aliphatic heterocycles. The summed E-state index contributed by atoms with van der Waals surface area (Å²) in [5.74, 6) is 0. The minimum Gasteiger partial charge on any atom is -0.311 e. The van der Waals surface area contributed by atoms with Crippen molar-refractivity contribution in [2.75, 3.05) is 7.05 Å². The number of aryl methyl sites for hydroxylation is 1. The Hall–Kier alpha value is -2.20. The number of likely N-dealkylation sites (N-methyl/N-ethyl adjacent to an activating group) is 1. The van der Waals surface area contributed by atoms with Crippen molar-refractivity contribution in [2.45, 2.75) is 12.5 Å². The molecule has 0 saturated heterocycles. The number of pyridine rings is 1. The highest BCUT2D eigenvalue weighted by atomic mass is 15.3. The van der Waals surface area contributed by atoms with E-state index in [1.54, 1.807) is 0 Å². The molecule has 1 aromatic carbocycles. The molecule has 1 N–H and O–H groups in total. The molecule has 0 radical (unpaired) electrons. The highest BCUT2D eigenvalue weighted by Gasteiger charge is 2.14. The van der Waals surface area contributed by atoms with Crippen molar-refractivity contribution in [3.05, 3.63) is 60.0 Å². The molecule has 0 amide bonds.